The molecule has 2 heterocycles. The Morgan fingerprint density at radius 3 is 2.36 bits per heavy atom. The minimum Gasteiger partial charge on any atom is -0.372 e. The number of hydrogen-bond donors (Lipinski definition) is 2. The van der Waals surface area contributed by atoms with Gasteiger partial charge in [0.15, 0.2) is 0 Å². The summed E-state index contributed by atoms with van der Waals surface area (Å²) in [6.45, 7) is 2.20. The number of nitrogens with zero attached hydrogens (tertiary/aromatic N) is 2. The third-order valence-corrected chi connectivity index (χ3v) is 4.94. The van der Waals surface area contributed by atoms with E-state index >= 15 is 0 Å². The van der Waals surface area contributed by atoms with Gasteiger partial charge >= 0.3 is 0 Å². The van der Waals surface area contributed by atoms with Gasteiger partial charge in [-0.05, 0) is 67.4 Å². The van der Waals surface area contributed by atoms with Crippen LogP contribution in [-0.2, 0) is 0 Å². The van der Waals surface area contributed by atoms with Crippen LogP contribution >= 0.6 is 11.6 Å². The number of anilines is 4. The summed E-state index contributed by atoms with van der Waals surface area (Å²) in [5, 5.41) is 6.76. The number of halogens is 1. The zero-order valence-electron chi connectivity index (χ0n) is 15.4. The molecule has 142 valence electrons. The molecule has 1 aromatic heterocycles. The van der Waals surface area contributed by atoms with Crippen molar-refractivity contribution in [2.45, 2.75) is 12.8 Å². The van der Waals surface area contributed by atoms with E-state index in [4.69, 9.17) is 11.6 Å². The summed E-state index contributed by atoms with van der Waals surface area (Å²) >= 11 is 5.99. The van der Waals surface area contributed by atoms with E-state index in [2.05, 4.69) is 20.5 Å². The van der Waals surface area contributed by atoms with Gasteiger partial charge in [0.2, 0.25) is 0 Å². The highest BCUT2D eigenvalue weighted by Crippen LogP contribution is 2.23. The van der Waals surface area contributed by atoms with Gasteiger partial charge < -0.3 is 15.5 Å². The first-order valence-electron chi connectivity index (χ1n) is 9.32. The van der Waals surface area contributed by atoms with Crippen LogP contribution in [0.2, 0.25) is 5.02 Å². The summed E-state index contributed by atoms with van der Waals surface area (Å²) in [5.74, 6) is -0.233. The van der Waals surface area contributed by atoms with Crippen molar-refractivity contribution in [1.82, 2.24) is 4.98 Å². The number of pyridine rings is 1. The number of hydrogen-bond acceptors (Lipinski definition) is 4. The quantitative estimate of drug-likeness (QED) is 0.616. The lowest BCUT2D eigenvalue weighted by Crippen LogP contribution is -2.17. The van der Waals surface area contributed by atoms with Gasteiger partial charge in [-0.1, -0.05) is 17.7 Å². The molecule has 1 aliphatic rings. The molecule has 0 spiro atoms. The van der Waals surface area contributed by atoms with Gasteiger partial charge in [-0.3, -0.25) is 4.79 Å². The molecule has 0 aliphatic carbocycles. The Balaban J connectivity index is 1.38. The van der Waals surface area contributed by atoms with E-state index in [-0.39, 0.29) is 5.91 Å². The minimum absolute atomic E-state index is 0.233. The van der Waals surface area contributed by atoms with Crippen molar-refractivity contribution in [1.29, 1.82) is 0 Å². The number of aromatic nitrogens is 1. The van der Waals surface area contributed by atoms with Crippen molar-refractivity contribution >= 4 is 40.3 Å². The number of rotatable bonds is 5. The Bertz CT molecular complexity index is 951. The molecule has 2 N–H and O–H groups in total. The van der Waals surface area contributed by atoms with Gasteiger partial charge in [-0.15, -0.1) is 0 Å². The second kappa shape index (κ2) is 8.31. The maximum absolute atomic E-state index is 12.4. The van der Waals surface area contributed by atoms with Crippen LogP contribution in [0.5, 0.6) is 0 Å². The molecule has 0 radical (unpaired) electrons. The molecule has 6 heteroatoms. The predicted octanol–water partition coefficient (Wildman–Crippen LogP) is 5.33. The van der Waals surface area contributed by atoms with Gasteiger partial charge in [0.1, 0.15) is 5.69 Å². The topological polar surface area (TPSA) is 57.3 Å². The smallest absolute Gasteiger partial charge is 0.274 e. The van der Waals surface area contributed by atoms with Gasteiger partial charge in [0.05, 0.1) is 11.9 Å². The van der Waals surface area contributed by atoms with Crippen LogP contribution in [0.25, 0.3) is 0 Å². The fraction of sp³-hybridized carbons (Fsp3) is 0.182. The van der Waals surface area contributed by atoms with Crippen molar-refractivity contribution < 1.29 is 4.79 Å². The highest BCUT2D eigenvalue weighted by atomic mass is 35.5. The number of carbonyl (C=O) groups excluding carboxylic acids is 1. The van der Waals surface area contributed by atoms with Crippen molar-refractivity contribution in [3.05, 3.63) is 77.6 Å². The highest BCUT2D eigenvalue weighted by molar-refractivity contribution is 6.30. The normalized spacial score (nSPS) is 13.4. The first-order chi connectivity index (χ1) is 13.7. The van der Waals surface area contributed by atoms with Gasteiger partial charge in [0.25, 0.3) is 5.91 Å². The van der Waals surface area contributed by atoms with E-state index in [0.29, 0.717) is 10.7 Å². The minimum atomic E-state index is -0.233. The Morgan fingerprint density at radius 2 is 1.68 bits per heavy atom. The number of amides is 1. The molecule has 2 aromatic carbocycles. The molecule has 0 unspecified atom stereocenters. The highest BCUT2D eigenvalue weighted by Gasteiger charge is 2.13. The standard InChI is InChI=1S/C22H21ClN4O/c23-16-4-3-5-18(14-16)25-19-8-11-21(24-15-19)22(28)26-17-6-9-20(10-7-17)27-12-1-2-13-27/h3-11,14-15,25H,1-2,12-13H2,(H,26,28). The summed E-state index contributed by atoms with van der Waals surface area (Å²) in [6.07, 6.45) is 4.12. The first-order valence-corrected chi connectivity index (χ1v) is 9.70. The van der Waals surface area contributed by atoms with Crippen LogP contribution in [0.15, 0.2) is 66.9 Å². The number of carbonyl (C=O) groups is 1. The zero-order valence-corrected chi connectivity index (χ0v) is 16.1. The Kier molecular flexibility index (Phi) is 5.44. The monoisotopic (exact) mass is 392 g/mol. The molecule has 4 rings (SSSR count). The number of nitrogens with one attached hydrogen (secondary N) is 2. The Labute approximate surface area is 169 Å². The Hall–Kier alpha value is -3.05. The summed E-state index contributed by atoms with van der Waals surface area (Å²) in [5.41, 5.74) is 3.97. The molecule has 3 aromatic rings. The average Bonchev–Trinajstić information content (AvgIpc) is 3.24. The van der Waals surface area contributed by atoms with Crippen molar-refractivity contribution in [3.8, 4) is 0 Å². The van der Waals surface area contributed by atoms with Crippen molar-refractivity contribution in [2.24, 2.45) is 0 Å². The van der Waals surface area contributed by atoms with Crippen LogP contribution in [0.4, 0.5) is 22.7 Å². The third kappa shape index (κ3) is 4.43. The van der Waals surface area contributed by atoms with Crippen LogP contribution in [0.1, 0.15) is 23.3 Å². The van der Waals surface area contributed by atoms with Gasteiger partial charge in [-0.25, -0.2) is 4.98 Å². The van der Waals surface area contributed by atoms with Crippen LogP contribution in [0, 0.1) is 0 Å². The largest absolute Gasteiger partial charge is 0.372 e. The molecule has 1 amide bonds. The van der Waals surface area contributed by atoms with Crippen molar-refractivity contribution in [2.75, 3.05) is 28.6 Å². The molecular formula is C22H21ClN4O. The molecule has 0 saturated carbocycles. The SMILES string of the molecule is O=C(Nc1ccc(N2CCCC2)cc1)c1ccc(Nc2cccc(Cl)c2)cn1. The van der Waals surface area contributed by atoms with E-state index in [0.717, 1.165) is 30.2 Å². The second-order valence-electron chi connectivity index (χ2n) is 6.76. The molecule has 5 nitrogen and oxygen atoms in total. The summed E-state index contributed by atoms with van der Waals surface area (Å²) < 4.78 is 0. The van der Waals surface area contributed by atoms with Crippen molar-refractivity contribution in [3.63, 3.8) is 0 Å². The molecule has 1 fully saturated rings. The molecule has 1 aliphatic heterocycles. The maximum Gasteiger partial charge on any atom is 0.274 e. The van der Waals surface area contributed by atoms with E-state index in [1.807, 2.05) is 54.6 Å². The molecule has 1 saturated heterocycles. The summed E-state index contributed by atoms with van der Waals surface area (Å²) in [4.78, 5) is 19.1. The van der Waals surface area contributed by atoms with Gasteiger partial charge in [-0.2, -0.15) is 0 Å². The van der Waals surface area contributed by atoms with E-state index < -0.39 is 0 Å². The lowest BCUT2D eigenvalue weighted by Gasteiger charge is -2.17. The van der Waals surface area contributed by atoms with E-state index in [1.54, 1.807) is 12.3 Å². The predicted molar refractivity (Wildman–Crippen MR) is 115 cm³/mol. The fourth-order valence-electron chi connectivity index (χ4n) is 3.26. The molecule has 0 bridgehead atoms. The maximum atomic E-state index is 12.4. The van der Waals surface area contributed by atoms with E-state index in [9.17, 15) is 4.79 Å². The molecule has 0 atom stereocenters. The van der Waals surface area contributed by atoms with Gasteiger partial charge in [0, 0.05) is 35.2 Å². The lowest BCUT2D eigenvalue weighted by molar-refractivity contribution is 0.102. The third-order valence-electron chi connectivity index (χ3n) is 4.71. The first kappa shape index (κ1) is 18.3. The molecule has 28 heavy (non-hydrogen) atoms. The molecular weight excluding hydrogens is 372 g/mol. The number of benzene rings is 2. The fourth-order valence-corrected chi connectivity index (χ4v) is 3.45. The summed E-state index contributed by atoms with van der Waals surface area (Å²) in [6, 6.07) is 18.9. The average molecular weight is 393 g/mol. The zero-order chi connectivity index (χ0) is 19.3. The van der Waals surface area contributed by atoms with Crippen LogP contribution in [0.3, 0.4) is 0 Å². The second-order valence-corrected chi connectivity index (χ2v) is 7.20. The van der Waals surface area contributed by atoms with E-state index in [1.165, 1.54) is 18.5 Å². The van der Waals surface area contributed by atoms with Crippen LogP contribution < -0.4 is 15.5 Å². The van der Waals surface area contributed by atoms with Crippen LogP contribution in [-0.4, -0.2) is 24.0 Å². The Morgan fingerprint density at radius 1 is 0.929 bits per heavy atom. The lowest BCUT2D eigenvalue weighted by atomic mass is 10.2. The summed E-state index contributed by atoms with van der Waals surface area (Å²) in [7, 11) is 0.